The number of aryl methyl sites for hydroxylation is 2. The predicted octanol–water partition coefficient (Wildman–Crippen LogP) is 5.06. The molecule has 2 aromatic heterocycles. The van der Waals surface area contributed by atoms with Crippen LogP contribution in [0.1, 0.15) is 35.8 Å². The van der Waals surface area contributed by atoms with Gasteiger partial charge in [0, 0.05) is 22.7 Å². The Morgan fingerprint density at radius 2 is 2.16 bits per heavy atom. The van der Waals surface area contributed by atoms with E-state index in [1.807, 2.05) is 19.9 Å². The molecule has 4 rings (SSSR count). The van der Waals surface area contributed by atoms with E-state index in [2.05, 4.69) is 5.32 Å². The minimum absolute atomic E-state index is 0.0350. The van der Waals surface area contributed by atoms with Crippen molar-refractivity contribution in [3.8, 4) is 0 Å². The van der Waals surface area contributed by atoms with E-state index in [0.29, 0.717) is 29.0 Å². The monoisotopic (exact) mass is 491 g/mol. The summed E-state index contributed by atoms with van der Waals surface area (Å²) in [4.78, 5) is 33.3. The van der Waals surface area contributed by atoms with Crippen LogP contribution in [0.3, 0.4) is 0 Å². The highest BCUT2D eigenvalue weighted by molar-refractivity contribution is 8.00. The zero-order valence-corrected chi connectivity index (χ0v) is 20.8. The largest absolute Gasteiger partial charge is 0.383 e. The van der Waals surface area contributed by atoms with Gasteiger partial charge in [0.2, 0.25) is 5.91 Å². The molecule has 0 bridgehead atoms. The van der Waals surface area contributed by atoms with Crippen LogP contribution in [0.5, 0.6) is 0 Å². The van der Waals surface area contributed by atoms with Gasteiger partial charge >= 0.3 is 0 Å². The molecule has 1 amide bonds. The van der Waals surface area contributed by atoms with Crippen LogP contribution >= 0.6 is 34.7 Å². The van der Waals surface area contributed by atoms with E-state index in [4.69, 9.17) is 21.3 Å². The van der Waals surface area contributed by atoms with Crippen molar-refractivity contribution in [3.05, 3.63) is 49.6 Å². The lowest BCUT2D eigenvalue weighted by molar-refractivity contribution is -0.115. The highest BCUT2D eigenvalue weighted by Gasteiger charge is 2.24. The minimum Gasteiger partial charge on any atom is -0.383 e. The number of ether oxygens (including phenoxy) is 1. The number of fused-ring (bicyclic) bond motifs is 3. The molecule has 1 atom stereocenters. The lowest BCUT2D eigenvalue weighted by Crippen LogP contribution is -2.28. The van der Waals surface area contributed by atoms with E-state index < -0.39 is 5.25 Å². The first-order valence-corrected chi connectivity index (χ1v) is 12.7. The van der Waals surface area contributed by atoms with Crippen LogP contribution in [0.2, 0.25) is 5.02 Å². The number of nitrogens with one attached hydrogen (secondary N) is 1. The minimum atomic E-state index is -0.457. The first-order valence-electron chi connectivity index (χ1n) is 10.7. The fourth-order valence-electron chi connectivity index (χ4n) is 3.88. The summed E-state index contributed by atoms with van der Waals surface area (Å²) in [6, 6.07) is 5.42. The van der Waals surface area contributed by atoms with Gasteiger partial charge in [-0.15, -0.1) is 11.3 Å². The van der Waals surface area contributed by atoms with Gasteiger partial charge in [-0.1, -0.05) is 29.4 Å². The van der Waals surface area contributed by atoms with Gasteiger partial charge in [-0.3, -0.25) is 14.2 Å². The standard InChI is InChI=1S/C23H26ClN3O3S2/c1-13-16(24)8-6-9-17(13)25-20(28)14(2)31-23-26-21-19(22(29)27(23)11-12-30-3)15-7-4-5-10-18(15)32-21/h6,8-9,14H,4-5,7,10-12H2,1-3H3,(H,25,28). The Kier molecular flexibility index (Phi) is 7.24. The molecule has 170 valence electrons. The first kappa shape index (κ1) is 23.3. The van der Waals surface area contributed by atoms with Crippen LogP contribution in [0.25, 0.3) is 10.2 Å². The Hall–Kier alpha value is -1.87. The second-order valence-corrected chi connectivity index (χ2v) is 10.7. The second-order valence-electron chi connectivity index (χ2n) is 7.90. The maximum absolute atomic E-state index is 13.5. The fourth-order valence-corrected chi connectivity index (χ4v) is 6.29. The molecular formula is C23H26ClN3O3S2. The van der Waals surface area contributed by atoms with Crippen LogP contribution in [0.15, 0.2) is 28.2 Å². The van der Waals surface area contributed by atoms with Gasteiger partial charge in [-0.2, -0.15) is 0 Å². The Labute approximate surface area is 200 Å². The van der Waals surface area contributed by atoms with Crippen molar-refractivity contribution in [1.29, 1.82) is 0 Å². The number of aromatic nitrogens is 2. The molecule has 9 heteroatoms. The highest BCUT2D eigenvalue weighted by Crippen LogP contribution is 2.35. The van der Waals surface area contributed by atoms with Crippen molar-refractivity contribution < 1.29 is 9.53 Å². The van der Waals surface area contributed by atoms with Gasteiger partial charge in [0.05, 0.1) is 23.8 Å². The van der Waals surface area contributed by atoms with Crippen LogP contribution in [0.4, 0.5) is 5.69 Å². The van der Waals surface area contributed by atoms with E-state index in [1.165, 1.54) is 22.2 Å². The summed E-state index contributed by atoms with van der Waals surface area (Å²) in [6.07, 6.45) is 4.20. The van der Waals surface area contributed by atoms with E-state index in [0.717, 1.165) is 41.5 Å². The SMILES string of the molecule is COCCn1c(SC(C)C(=O)Nc2cccc(Cl)c2C)nc2sc3c(c2c1=O)CCCC3. The summed E-state index contributed by atoms with van der Waals surface area (Å²) in [7, 11) is 1.61. The number of anilines is 1. The number of carbonyl (C=O) groups is 1. The number of methoxy groups -OCH3 is 1. The van der Waals surface area contributed by atoms with Gasteiger partial charge in [0.15, 0.2) is 5.16 Å². The zero-order valence-electron chi connectivity index (χ0n) is 18.4. The third-order valence-corrected chi connectivity index (χ3v) is 8.42. The lowest BCUT2D eigenvalue weighted by Gasteiger charge is -2.17. The van der Waals surface area contributed by atoms with E-state index >= 15 is 0 Å². The fraction of sp³-hybridized carbons (Fsp3) is 0.435. The number of thiophene rings is 1. The predicted molar refractivity (Wildman–Crippen MR) is 133 cm³/mol. The van der Waals surface area contributed by atoms with Crippen LogP contribution < -0.4 is 10.9 Å². The molecule has 0 spiro atoms. The van der Waals surface area contributed by atoms with Gasteiger partial charge in [0.25, 0.3) is 5.56 Å². The normalized spacial score (nSPS) is 14.4. The first-order chi connectivity index (χ1) is 15.4. The van der Waals surface area contributed by atoms with E-state index in [1.54, 1.807) is 35.1 Å². The maximum Gasteiger partial charge on any atom is 0.263 e. The molecule has 1 N–H and O–H groups in total. The molecular weight excluding hydrogens is 466 g/mol. The molecule has 3 aromatic rings. The molecule has 6 nitrogen and oxygen atoms in total. The number of amides is 1. The average molecular weight is 492 g/mol. The number of rotatable bonds is 7. The average Bonchev–Trinajstić information content (AvgIpc) is 3.15. The topological polar surface area (TPSA) is 73.2 Å². The third kappa shape index (κ3) is 4.59. The molecule has 0 radical (unpaired) electrons. The highest BCUT2D eigenvalue weighted by atomic mass is 35.5. The number of carbonyl (C=O) groups excluding carboxylic acids is 1. The number of halogens is 1. The summed E-state index contributed by atoms with van der Waals surface area (Å²) >= 11 is 9.09. The summed E-state index contributed by atoms with van der Waals surface area (Å²) in [5, 5.41) is 4.38. The quantitative estimate of drug-likeness (QED) is 0.369. The third-order valence-electron chi connectivity index (χ3n) is 5.74. The Morgan fingerprint density at radius 1 is 1.38 bits per heavy atom. The summed E-state index contributed by atoms with van der Waals surface area (Å²) in [5.41, 5.74) is 2.63. The smallest absolute Gasteiger partial charge is 0.263 e. The number of hydrogen-bond acceptors (Lipinski definition) is 6. The van der Waals surface area contributed by atoms with Crippen molar-refractivity contribution in [3.63, 3.8) is 0 Å². The molecule has 0 aliphatic heterocycles. The maximum atomic E-state index is 13.5. The van der Waals surface area contributed by atoms with Crippen LogP contribution in [-0.4, -0.2) is 34.4 Å². The van der Waals surface area contributed by atoms with Gasteiger partial charge < -0.3 is 10.1 Å². The molecule has 2 heterocycles. The molecule has 1 unspecified atom stereocenters. The molecule has 0 saturated carbocycles. The van der Waals surface area contributed by atoms with E-state index in [-0.39, 0.29) is 11.5 Å². The van der Waals surface area contributed by atoms with Crippen molar-refractivity contribution in [2.75, 3.05) is 19.0 Å². The van der Waals surface area contributed by atoms with Crippen LogP contribution in [0, 0.1) is 6.92 Å². The summed E-state index contributed by atoms with van der Waals surface area (Å²) in [6.45, 7) is 4.48. The second kappa shape index (κ2) is 9.95. The molecule has 1 aliphatic rings. The number of hydrogen-bond donors (Lipinski definition) is 1. The molecule has 1 aliphatic carbocycles. The van der Waals surface area contributed by atoms with Crippen molar-refractivity contribution in [2.45, 2.75) is 56.5 Å². The Balaban J connectivity index is 1.65. The summed E-state index contributed by atoms with van der Waals surface area (Å²) < 4.78 is 6.89. The number of nitrogens with zero attached hydrogens (tertiary/aromatic N) is 2. The molecule has 1 aromatic carbocycles. The van der Waals surface area contributed by atoms with E-state index in [9.17, 15) is 9.59 Å². The van der Waals surface area contributed by atoms with Crippen molar-refractivity contribution >= 4 is 56.5 Å². The molecule has 0 fully saturated rings. The summed E-state index contributed by atoms with van der Waals surface area (Å²) in [5.74, 6) is -0.168. The number of benzene rings is 1. The van der Waals surface area contributed by atoms with Gasteiger partial charge in [-0.25, -0.2) is 4.98 Å². The Morgan fingerprint density at radius 3 is 2.94 bits per heavy atom. The molecule has 32 heavy (non-hydrogen) atoms. The zero-order chi connectivity index (χ0) is 22.8. The Bertz CT molecular complexity index is 1220. The number of thioether (sulfide) groups is 1. The van der Waals surface area contributed by atoms with Gasteiger partial charge in [-0.05, 0) is 62.8 Å². The lowest BCUT2D eigenvalue weighted by atomic mass is 9.97. The molecule has 0 saturated heterocycles. The van der Waals surface area contributed by atoms with Crippen molar-refractivity contribution in [1.82, 2.24) is 9.55 Å². The van der Waals surface area contributed by atoms with Crippen molar-refractivity contribution in [2.24, 2.45) is 0 Å². The van der Waals surface area contributed by atoms with Gasteiger partial charge in [0.1, 0.15) is 4.83 Å². The van der Waals surface area contributed by atoms with Crippen LogP contribution in [-0.2, 0) is 28.9 Å².